The molecule has 0 amide bonds. The number of hydrogen-bond donors (Lipinski definition) is 0. The number of aromatic nitrogens is 1. The zero-order valence-electron chi connectivity index (χ0n) is 55.3. The standard InChI is InChI=1S/C91H60B3N7/c1-3-30-72-67(4-2)92-71-55-66-81(57-82(71)98(61-37-17-8-18-38-61)77-49-27-47-75(85(77)92)95(72)58-31-11-5-12-32-58)101-89-65(56-83-88(84(66)89)94-69-44-24-26-46-74(69)97(60-35-15-7-16-36-60)78-50-28-51-79(87(78)94)99(83)62-39-19-9-20-40-62)64-53-54-70-91(90(64)101)100(63-41-21-10-22-42-63)80-52-29-48-76-86(80)93(70)68-43-23-25-45-73(68)96(76)59-33-13-6-14-34-59/h3-57H,2H2,1H3/b30-3-. The first-order valence-electron chi connectivity index (χ1n) is 35.2. The van der Waals surface area contributed by atoms with Gasteiger partial charge in [-0.1, -0.05) is 201 Å². The highest BCUT2D eigenvalue weighted by atomic mass is 15.2. The first kappa shape index (κ1) is 56.1. The van der Waals surface area contributed by atoms with Crippen molar-refractivity contribution >= 4 is 199 Å². The molecular formula is C91H60B3N7. The summed E-state index contributed by atoms with van der Waals surface area (Å²) in [6.07, 6.45) is 6.63. The van der Waals surface area contributed by atoms with E-state index in [-0.39, 0.29) is 20.1 Å². The van der Waals surface area contributed by atoms with Crippen LogP contribution >= 0.6 is 0 Å². The van der Waals surface area contributed by atoms with Crippen LogP contribution in [0.2, 0.25) is 0 Å². The largest absolute Gasteiger partial charge is 0.311 e. The van der Waals surface area contributed by atoms with Crippen molar-refractivity contribution in [3.63, 3.8) is 0 Å². The Bertz CT molecular complexity index is 6240. The minimum absolute atomic E-state index is 0.107. The van der Waals surface area contributed by atoms with Gasteiger partial charge in [-0.2, -0.15) is 0 Å². The molecule has 0 bridgehead atoms. The van der Waals surface area contributed by atoms with Crippen LogP contribution in [-0.2, 0) is 0 Å². The van der Waals surface area contributed by atoms with E-state index in [4.69, 9.17) is 6.58 Å². The number of para-hydroxylation sites is 8. The summed E-state index contributed by atoms with van der Waals surface area (Å²) in [6, 6.07) is 118. The highest BCUT2D eigenvalue weighted by molar-refractivity contribution is 7.02. The number of anilines is 17. The molecule has 468 valence electrons. The number of fused-ring (bicyclic) bond motifs is 18. The normalized spacial score (nSPS) is 14.4. The molecule has 0 fully saturated rings. The van der Waals surface area contributed by atoms with Gasteiger partial charge in [0, 0.05) is 118 Å². The molecule has 16 aromatic rings. The minimum Gasteiger partial charge on any atom is -0.311 e. The van der Waals surface area contributed by atoms with Crippen molar-refractivity contribution in [2.75, 3.05) is 29.4 Å². The summed E-state index contributed by atoms with van der Waals surface area (Å²) in [4.78, 5) is 15.2. The smallest absolute Gasteiger partial charge is 0.253 e. The van der Waals surface area contributed by atoms with Crippen molar-refractivity contribution in [1.82, 2.24) is 4.40 Å². The molecule has 0 saturated carbocycles. The van der Waals surface area contributed by atoms with Crippen molar-refractivity contribution in [3.05, 3.63) is 351 Å². The Morgan fingerprint density at radius 1 is 0.287 bits per heavy atom. The summed E-state index contributed by atoms with van der Waals surface area (Å²) in [7, 11) is 0. The average molecular weight is 1280 g/mol. The van der Waals surface area contributed by atoms with Gasteiger partial charge in [-0.05, 0) is 196 Å². The molecule has 0 aliphatic carbocycles. The second kappa shape index (κ2) is 21.3. The molecule has 10 heteroatoms. The van der Waals surface area contributed by atoms with E-state index in [0.717, 1.165) is 67.9 Å². The molecule has 6 aliphatic rings. The van der Waals surface area contributed by atoms with Gasteiger partial charge >= 0.3 is 0 Å². The topological polar surface area (TPSA) is 23.9 Å². The predicted octanol–water partition coefficient (Wildman–Crippen LogP) is 18.1. The lowest BCUT2D eigenvalue weighted by molar-refractivity contribution is 1.18. The number of rotatable bonds is 8. The second-order valence-electron chi connectivity index (χ2n) is 27.4. The third kappa shape index (κ3) is 7.55. The molecule has 0 N–H and O–H groups in total. The van der Waals surface area contributed by atoms with Crippen molar-refractivity contribution < 1.29 is 0 Å². The summed E-state index contributed by atoms with van der Waals surface area (Å²) >= 11 is 0. The van der Waals surface area contributed by atoms with Gasteiger partial charge in [-0.25, -0.2) is 0 Å². The van der Waals surface area contributed by atoms with E-state index < -0.39 is 0 Å². The Morgan fingerprint density at radius 3 is 1.20 bits per heavy atom. The Hall–Kier alpha value is -12.9. The van der Waals surface area contributed by atoms with E-state index in [1.54, 1.807) is 0 Å². The molecule has 8 heterocycles. The quantitative estimate of drug-likeness (QED) is 0.141. The number of hydrogen-bond acceptors (Lipinski definition) is 6. The molecule has 101 heavy (non-hydrogen) atoms. The van der Waals surface area contributed by atoms with Gasteiger partial charge in [-0.3, -0.25) is 0 Å². The van der Waals surface area contributed by atoms with Crippen molar-refractivity contribution in [2.45, 2.75) is 6.92 Å². The van der Waals surface area contributed by atoms with Crippen LogP contribution in [0.4, 0.5) is 96.7 Å². The lowest BCUT2D eigenvalue weighted by atomic mass is 9.32. The molecule has 7 nitrogen and oxygen atoms in total. The third-order valence-corrected chi connectivity index (χ3v) is 22.5. The minimum atomic E-state index is -0.200. The van der Waals surface area contributed by atoms with E-state index in [0.29, 0.717) is 0 Å². The summed E-state index contributed by atoms with van der Waals surface area (Å²) in [5, 5.41) is 4.87. The van der Waals surface area contributed by atoms with Crippen LogP contribution in [0.5, 0.6) is 0 Å². The summed E-state index contributed by atoms with van der Waals surface area (Å²) in [5.74, 6) is 0. The van der Waals surface area contributed by atoms with Crippen molar-refractivity contribution in [2.24, 2.45) is 0 Å². The number of benzene rings is 14. The number of allylic oxidation sites excluding steroid dienone is 4. The van der Waals surface area contributed by atoms with Crippen LogP contribution in [-0.4, -0.2) is 24.5 Å². The lowest BCUT2D eigenvalue weighted by Gasteiger charge is -2.44. The van der Waals surface area contributed by atoms with Crippen LogP contribution < -0.4 is 73.1 Å². The van der Waals surface area contributed by atoms with E-state index in [1.165, 1.54) is 122 Å². The van der Waals surface area contributed by atoms with Gasteiger partial charge in [0.2, 0.25) is 0 Å². The van der Waals surface area contributed by atoms with Gasteiger partial charge in [0.15, 0.2) is 0 Å². The second-order valence-corrected chi connectivity index (χ2v) is 27.4. The molecule has 0 radical (unpaired) electrons. The van der Waals surface area contributed by atoms with E-state index >= 15 is 0 Å². The lowest BCUT2D eigenvalue weighted by Crippen LogP contribution is -2.61. The van der Waals surface area contributed by atoms with Crippen molar-refractivity contribution in [1.29, 1.82) is 0 Å². The van der Waals surface area contributed by atoms with Crippen molar-refractivity contribution in [3.8, 4) is 0 Å². The first-order chi connectivity index (χ1) is 50.1. The molecule has 6 aliphatic heterocycles. The first-order valence-corrected chi connectivity index (χ1v) is 35.2. The summed E-state index contributed by atoms with van der Waals surface area (Å²) in [5.41, 5.74) is 35.5. The Labute approximate surface area is 587 Å². The summed E-state index contributed by atoms with van der Waals surface area (Å²) in [6.45, 7) is 6.42. The highest BCUT2D eigenvalue weighted by Crippen LogP contribution is 2.54. The zero-order valence-corrected chi connectivity index (χ0v) is 55.3. The van der Waals surface area contributed by atoms with Crippen LogP contribution in [0.15, 0.2) is 351 Å². The SMILES string of the molecule is C=CC1=C(/C=C\C)N(c2ccccc2)c2cccc3c2B1c1cc2c4c5c(cc6c7ccc8c(c7n(c2cc1N3c1ccccc1)c64)N(c1ccccc1)c1cccc2c1B8c1ccccc1N2c1ccccc1)N(c1ccccc1)c1cccc2c1B5c1ccccc1N2c1ccccc1. The van der Waals surface area contributed by atoms with Gasteiger partial charge in [-0.15, -0.1) is 0 Å². The predicted molar refractivity (Wildman–Crippen MR) is 429 cm³/mol. The maximum absolute atomic E-state index is 4.78. The molecule has 14 aromatic carbocycles. The van der Waals surface area contributed by atoms with Gasteiger partial charge < -0.3 is 33.8 Å². The average Bonchev–Trinajstić information content (AvgIpc) is 1.59. The maximum Gasteiger partial charge on any atom is 0.253 e. The Kier molecular flexibility index (Phi) is 11.8. The van der Waals surface area contributed by atoms with E-state index in [9.17, 15) is 0 Å². The number of nitrogens with zero attached hydrogens (tertiary/aromatic N) is 7. The van der Waals surface area contributed by atoms with Crippen LogP contribution in [0.1, 0.15) is 6.92 Å². The summed E-state index contributed by atoms with van der Waals surface area (Å²) < 4.78 is 2.74. The zero-order chi connectivity index (χ0) is 66.3. The van der Waals surface area contributed by atoms with Gasteiger partial charge in [0.25, 0.3) is 20.1 Å². The Morgan fingerprint density at radius 2 is 0.693 bits per heavy atom. The maximum atomic E-state index is 4.78. The third-order valence-electron chi connectivity index (χ3n) is 22.5. The fourth-order valence-corrected chi connectivity index (χ4v) is 18.8. The van der Waals surface area contributed by atoms with E-state index in [1.807, 2.05) is 0 Å². The van der Waals surface area contributed by atoms with Crippen LogP contribution in [0.25, 0.3) is 38.1 Å². The Balaban J connectivity index is 0.937. The molecule has 22 rings (SSSR count). The van der Waals surface area contributed by atoms with Crippen LogP contribution in [0, 0.1) is 0 Å². The fraction of sp³-hybridized carbons (Fsp3) is 0.0110. The molecule has 0 unspecified atom stereocenters. The van der Waals surface area contributed by atoms with Crippen LogP contribution in [0.3, 0.4) is 0 Å². The molecular weight excluding hydrogens is 1220 g/mol. The highest BCUT2D eigenvalue weighted by Gasteiger charge is 2.50. The van der Waals surface area contributed by atoms with E-state index in [2.05, 4.69) is 374 Å². The molecule has 0 saturated heterocycles. The fourth-order valence-electron chi connectivity index (χ4n) is 18.8. The van der Waals surface area contributed by atoms with Gasteiger partial charge in [0.1, 0.15) is 0 Å². The molecule has 2 aromatic heterocycles. The molecule has 0 atom stereocenters. The molecule has 0 spiro atoms. The monoisotopic (exact) mass is 1280 g/mol. The van der Waals surface area contributed by atoms with Gasteiger partial charge in [0.05, 0.1) is 22.2 Å².